The second-order valence-corrected chi connectivity index (χ2v) is 8.16. The van der Waals surface area contributed by atoms with E-state index in [0.29, 0.717) is 6.04 Å². The molecule has 1 aliphatic heterocycles. The summed E-state index contributed by atoms with van der Waals surface area (Å²) in [6.07, 6.45) is 6.47. The Labute approximate surface area is 135 Å². The van der Waals surface area contributed by atoms with E-state index < -0.39 is 5.60 Å². The number of nitrogens with zero attached hydrogens (tertiary/aromatic N) is 2. The lowest BCUT2D eigenvalue weighted by Gasteiger charge is -2.50. The summed E-state index contributed by atoms with van der Waals surface area (Å²) < 4.78 is 6.46. The first-order chi connectivity index (χ1) is 10.4. The van der Waals surface area contributed by atoms with Gasteiger partial charge in [-0.3, -0.25) is 4.79 Å². The highest BCUT2D eigenvalue weighted by atomic mass is 16.5. The Bertz CT molecular complexity index is 423. The third-order valence-electron chi connectivity index (χ3n) is 5.80. The molecule has 2 aliphatic carbocycles. The molecule has 4 heteroatoms. The molecule has 0 atom stereocenters. The van der Waals surface area contributed by atoms with Gasteiger partial charge < -0.3 is 14.5 Å². The van der Waals surface area contributed by atoms with Crippen molar-refractivity contribution >= 4 is 5.91 Å². The first-order valence-corrected chi connectivity index (χ1v) is 9.09. The molecule has 0 radical (unpaired) electrons. The predicted octanol–water partition coefficient (Wildman–Crippen LogP) is 2.67. The molecule has 0 N–H and O–H groups in total. The van der Waals surface area contributed by atoms with Gasteiger partial charge in [0.2, 0.25) is 0 Å². The van der Waals surface area contributed by atoms with Gasteiger partial charge in [0.05, 0.1) is 5.60 Å². The molecule has 126 valence electrons. The van der Waals surface area contributed by atoms with Gasteiger partial charge in [0.1, 0.15) is 5.60 Å². The van der Waals surface area contributed by atoms with E-state index in [2.05, 4.69) is 37.6 Å². The Morgan fingerprint density at radius 3 is 2.41 bits per heavy atom. The average Bonchev–Trinajstić information content (AvgIpc) is 3.23. The maximum Gasteiger partial charge on any atom is 0.254 e. The molecular formula is C18H32N2O2. The summed E-state index contributed by atoms with van der Waals surface area (Å²) in [5.41, 5.74) is -0.486. The molecule has 0 aromatic carbocycles. The molecule has 0 bridgehead atoms. The molecular weight excluding hydrogens is 276 g/mol. The lowest BCUT2D eigenvalue weighted by atomic mass is 9.79. The van der Waals surface area contributed by atoms with Gasteiger partial charge in [-0.15, -0.1) is 0 Å². The van der Waals surface area contributed by atoms with Crippen LogP contribution in [-0.2, 0) is 9.53 Å². The molecule has 4 nitrogen and oxygen atoms in total. The predicted molar refractivity (Wildman–Crippen MR) is 87.8 cm³/mol. The van der Waals surface area contributed by atoms with Crippen LogP contribution in [0.25, 0.3) is 0 Å². The van der Waals surface area contributed by atoms with Gasteiger partial charge in [-0.25, -0.2) is 0 Å². The summed E-state index contributed by atoms with van der Waals surface area (Å²) >= 11 is 0. The lowest BCUT2D eigenvalue weighted by Crippen LogP contribution is -2.61. The van der Waals surface area contributed by atoms with E-state index in [1.165, 1.54) is 19.4 Å². The van der Waals surface area contributed by atoms with Crippen molar-refractivity contribution < 1.29 is 9.53 Å². The van der Waals surface area contributed by atoms with Crippen LogP contribution < -0.4 is 0 Å². The maximum atomic E-state index is 12.5. The number of likely N-dealkylation sites (N-methyl/N-ethyl adjacent to an activating group) is 1. The molecule has 0 aromatic rings. The number of amides is 1. The largest absolute Gasteiger partial charge is 0.357 e. The minimum Gasteiger partial charge on any atom is -0.357 e. The molecule has 1 heterocycles. The minimum atomic E-state index is -0.426. The quantitative estimate of drug-likeness (QED) is 0.800. The number of hydrogen-bond donors (Lipinski definition) is 0. The van der Waals surface area contributed by atoms with E-state index in [0.717, 1.165) is 44.7 Å². The molecule has 3 rings (SSSR count). The van der Waals surface area contributed by atoms with Crippen LogP contribution in [0.3, 0.4) is 0 Å². The molecule has 22 heavy (non-hydrogen) atoms. The van der Waals surface area contributed by atoms with E-state index >= 15 is 0 Å². The molecule has 0 aromatic heterocycles. The Balaban J connectivity index is 1.63. The zero-order chi connectivity index (χ0) is 16.0. The molecule has 2 saturated carbocycles. The van der Waals surface area contributed by atoms with E-state index in [-0.39, 0.29) is 11.5 Å². The topological polar surface area (TPSA) is 32.8 Å². The fraction of sp³-hybridized carbons (Fsp3) is 0.944. The van der Waals surface area contributed by atoms with Gasteiger partial charge in [0.25, 0.3) is 5.91 Å². The molecule has 1 saturated heterocycles. The van der Waals surface area contributed by atoms with Crippen molar-refractivity contribution in [1.29, 1.82) is 0 Å². The zero-order valence-corrected chi connectivity index (χ0v) is 14.7. The van der Waals surface area contributed by atoms with Crippen LogP contribution in [0.1, 0.15) is 59.3 Å². The van der Waals surface area contributed by atoms with E-state index in [1.807, 2.05) is 0 Å². The van der Waals surface area contributed by atoms with Crippen LogP contribution in [0.15, 0.2) is 0 Å². The summed E-state index contributed by atoms with van der Waals surface area (Å²) in [5, 5.41) is 0. The third-order valence-corrected chi connectivity index (χ3v) is 5.80. The maximum absolute atomic E-state index is 12.5. The summed E-state index contributed by atoms with van der Waals surface area (Å²) in [7, 11) is 2.26. The van der Waals surface area contributed by atoms with Crippen molar-refractivity contribution in [3.05, 3.63) is 0 Å². The van der Waals surface area contributed by atoms with Crippen molar-refractivity contribution in [3.63, 3.8) is 0 Å². The standard InChI is InChI=1S/C18H32N2O2/c1-5-20-13-17(22-18(10-11-18)16(20)21)8-6-15(7-9-17)19(4)12-14(2)3/h14-15H,5-13H2,1-4H3/t15-,17+. The van der Waals surface area contributed by atoms with Crippen molar-refractivity contribution in [1.82, 2.24) is 9.80 Å². The van der Waals surface area contributed by atoms with Gasteiger partial charge >= 0.3 is 0 Å². The van der Waals surface area contributed by atoms with E-state index in [9.17, 15) is 4.79 Å². The van der Waals surface area contributed by atoms with Crippen LogP contribution in [0, 0.1) is 5.92 Å². The number of hydrogen-bond acceptors (Lipinski definition) is 3. The van der Waals surface area contributed by atoms with Gasteiger partial charge in [-0.2, -0.15) is 0 Å². The Morgan fingerprint density at radius 1 is 1.27 bits per heavy atom. The van der Waals surface area contributed by atoms with E-state index in [4.69, 9.17) is 4.74 Å². The Kier molecular flexibility index (Phi) is 4.28. The SMILES string of the molecule is CCN1C[C@]2(CC[C@H](N(C)CC(C)C)CC2)OC2(CC2)C1=O. The molecule has 0 unspecified atom stereocenters. The number of rotatable bonds is 4. The summed E-state index contributed by atoms with van der Waals surface area (Å²) in [6.45, 7) is 9.46. The lowest BCUT2D eigenvalue weighted by molar-refractivity contribution is -0.199. The Morgan fingerprint density at radius 2 is 1.91 bits per heavy atom. The van der Waals surface area contributed by atoms with Gasteiger partial charge in [-0.1, -0.05) is 13.8 Å². The van der Waals surface area contributed by atoms with Crippen LogP contribution in [-0.4, -0.2) is 59.6 Å². The summed E-state index contributed by atoms with van der Waals surface area (Å²) in [4.78, 5) is 17.0. The molecule has 1 amide bonds. The van der Waals surface area contributed by atoms with Crippen molar-refractivity contribution in [3.8, 4) is 0 Å². The van der Waals surface area contributed by atoms with Gasteiger partial charge in [-0.05, 0) is 58.4 Å². The number of carbonyl (C=O) groups excluding carboxylic acids is 1. The van der Waals surface area contributed by atoms with Crippen molar-refractivity contribution in [2.24, 2.45) is 5.92 Å². The fourth-order valence-corrected chi connectivity index (χ4v) is 4.44. The van der Waals surface area contributed by atoms with Crippen molar-refractivity contribution in [2.45, 2.75) is 76.5 Å². The number of ether oxygens (including phenoxy) is 1. The molecule has 3 fully saturated rings. The molecule has 2 spiro atoms. The van der Waals surface area contributed by atoms with Crippen LogP contribution in [0.5, 0.6) is 0 Å². The first-order valence-electron chi connectivity index (χ1n) is 9.09. The van der Waals surface area contributed by atoms with Crippen LogP contribution in [0.4, 0.5) is 0 Å². The highest BCUT2D eigenvalue weighted by molar-refractivity contribution is 5.89. The van der Waals surface area contributed by atoms with E-state index in [1.54, 1.807) is 0 Å². The van der Waals surface area contributed by atoms with Gasteiger partial charge in [0.15, 0.2) is 0 Å². The van der Waals surface area contributed by atoms with Crippen molar-refractivity contribution in [2.75, 3.05) is 26.7 Å². The average molecular weight is 308 g/mol. The summed E-state index contributed by atoms with van der Waals surface area (Å²) in [5.74, 6) is 0.967. The molecule has 3 aliphatic rings. The van der Waals surface area contributed by atoms with Gasteiger partial charge in [0, 0.05) is 25.7 Å². The second-order valence-electron chi connectivity index (χ2n) is 8.16. The monoisotopic (exact) mass is 308 g/mol. The zero-order valence-electron chi connectivity index (χ0n) is 14.7. The summed E-state index contributed by atoms with van der Waals surface area (Å²) in [6, 6.07) is 0.680. The highest BCUT2D eigenvalue weighted by Crippen LogP contribution is 2.51. The first kappa shape index (κ1) is 16.3. The van der Waals surface area contributed by atoms with Crippen LogP contribution >= 0.6 is 0 Å². The normalized spacial score (nSPS) is 34.2. The third kappa shape index (κ3) is 2.92. The van der Waals surface area contributed by atoms with Crippen LogP contribution in [0.2, 0.25) is 0 Å². The Hall–Kier alpha value is -0.610. The fourth-order valence-electron chi connectivity index (χ4n) is 4.44. The second kappa shape index (κ2) is 5.79. The number of carbonyl (C=O) groups is 1. The minimum absolute atomic E-state index is 0.0599. The number of morpholine rings is 1. The smallest absolute Gasteiger partial charge is 0.254 e. The highest BCUT2D eigenvalue weighted by Gasteiger charge is 2.61.